The summed E-state index contributed by atoms with van der Waals surface area (Å²) in [5.74, 6) is -1.01. The molecule has 2 aliphatic rings. The summed E-state index contributed by atoms with van der Waals surface area (Å²) in [4.78, 5) is 23.3. The number of halogens is 1. The Balaban J connectivity index is 1.56. The van der Waals surface area contributed by atoms with E-state index in [0.717, 1.165) is 6.42 Å². The molecule has 3 rings (SSSR count). The van der Waals surface area contributed by atoms with E-state index in [2.05, 4.69) is 5.32 Å². The molecular weight excluding hydrogens is 273 g/mol. The van der Waals surface area contributed by atoms with Gasteiger partial charge in [0.25, 0.3) is 0 Å². The van der Waals surface area contributed by atoms with Gasteiger partial charge in [0, 0.05) is 12.5 Å². The van der Waals surface area contributed by atoms with Gasteiger partial charge in [0.1, 0.15) is 5.82 Å². The average molecular weight is 291 g/mol. The van der Waals surface area contributed by atoms with Gasteiger partial charge in [-0.2, -0.15) is 0 Å². The van der Waals surface area contributed by atoms with E-state index in [4.69, 9.17) is 0 Å². The highest BCUT2D eigenvalue weighted by molar-refractivity contribution is 5.83. The summed E-state index contributed by atoms with van der Waals surface area (Å²) in [5.41, 5.74) is 0.499. The Labute approximate surface area is 122 Å². The molecule has 112 valence electrons. The lowest BCUT2D eigenvalue weighted by Crippen LogP contribution is -2.33. The molecule has 2 saturated carbocycles. The highest BCUT2D eigenvalue weighted by atomic mass is 19.1. The molecule has 2 fully saturated rings. The van der Waals surface area contributed by atoms with Gasteiger partial charge in [0.15, 0.2) is 0 Å². The molecule has 5 heteroatoms. The fraction of sp³-hybridized carbons (Fsp3) is 0.500. The molecule has 21 heavy (non-hydrogen) atoms. The number of carbonyl (C=O) groups excluding carboxylic acids is 1. The minimum atomic E-state index is -1.02. The van der Waals surface area contributed by atoms with Crippen LogP contribution in [0.25, 0.3) is 0 Å². The third kappa shape index (κ3) is 3.23. The van der Waals surface area contributed by atoms with Crippen LogP contribution in [0.2, 0.25) is 0 Å². The topological polar surface area (TPSA) is 66.4 Å². The highest BCUT2D eigenvalue weighted by Gasteiger charge is 2.51. The molecule has 0 heterocycles. The van der Waals surface area contributed by atoms with E-state index in [9.17, 15) is 19.1 Å². The van der Waals surface area contributed by atoms with Crippen molar-refractivity contribution in [1.82, 2.24) is 5.32 Å². The van der Waals surface area contributed by atoms with E-state index in [0.29, 0.717) is 17.4 Å². The largest absolute Gasteiger partial charge is 0.481 e. The van der Waals surface area contributed by atoms with Gasteiger partial charge in [0.2, 0.25) is 5.91 Å². The van der Waals surface area contributed by atoms with Gasteiger partial charge in [-0.1, -0.05) is 12.1 Å². The van der Waals surface area contributed by atoms with Gasteiger partial charge in [-0.05, 0) is 48.8 Å². The first-order valence-corrected chi connectivity index (χ1v) is 7.32. The molecule has 2 aliphatic carbocycles. The Hall–Kier alpha value is -1.91. The van der Waals surface area contributed by atoms with Crippen LogP contribution in [0.5, 0.6) is 0 Å². The first-order valence-electron chi connectivity index (χ1n) is 7.32. The summed E-state index contributed by atoms with van der Waals surface area (Å²) in [6.07, 6.45) is 3.38. The van der Waals surface area contributed by atoms with Crippen LogP contribution in [0.3, 0.4) is 0 Å². The summed E-state index contributed by atoms with van der Waals surface area (Å²) < 4.78 is 12.9. The van der Waals surface area contributed by atoms with Crippen molar-refractivity contribution in [2.24, 2.45) is 17.8 Å². The summed E-state index contributed by atoms with van der Waals surface area (Å²) >= 11 is 0. The Morgan fingerprint density at radius 3 is 2.52 bits per heavy atom. The first-order chi connectivity index (χ1) is 10.1. The van der Waals surface area contributed by atoms with Crippen molar-refractivity contribution in [2.75, 3.05) is 6.54 Å². The maximum Gasteiger partial charge on any atom is 0.312 e. The zero-order valence-corrected chi connectivity index (χ0v) is 11.6. The number of nitrogens with one attached hydrogen (secondary N) is 1. The Kier molecular flexibility index (Phi) is 3.66. The van der Waals surface area contributed by atoms with Crippen molar-refractivity contribution >= 4 is 11.9 Å². The summed E-state index contributed by atoms with van der Waals surface area (Å²) in [7, 11) is 0. The summed E-state index contributed by atoms with van der Waals surface area (Å²) in [6, 6.07) is 5.36. The van der Waals surface area contributed by atoms with Crippen molar-refractivity contribution in [2.45, 2.75) is 25.2 Å². The molecule has 0 radical (unpaired) electrons. The molecule has 0 aliphatic heterocycles. The summed E-state index contributed by atoms with van der Waals surface area (Å²) in [6.45, 7) is 0.0493. The quantitative estimate of drug-likeness (QED) is 0.844. The molecule has 1 amide bonds. The lowest BCUT2D eigenvalue weighted by atomic mass is 9.99. The molecule has 0 aromatic heterocycles. The third-order valence-corrected chi connectivity index (χ3v) is 4.45. The van der Waals surface area contributed by atoms with Crippen molar-refractivity contribution in [3.8, 4) is 0 Å². The van der Waals surface area contributed by atoms with Crippen molar-refractivity contribution < 1.29 is 19.1 Å². The molecule has 2 N–H and O–H groups in total. The van der Waals surface area contributed by atoms with Gasteiger partial charge in [-0.3, -0.25) is 9.59 Å². The molecular formula is C16H18FNO3. The Bertz CT molecular complexity index is 553. The lowest BCUT2D eigenvalue weighted by Gasteiger charge is -2.14. The Morgan fingerprint density at radius 1 is 1.29 bits per heavy atom. The van der Waals surface area contributed by atoms with Crippen LogP contribution >= 0.6 is 0 Å². The second-order valence-corrected chi connectivity index (χ2v) is 6.03. The second-order valence-electron chi connectivity index (χ2n) is 6.03. The molecule has 3 unspecified atom stereocenters. The van der Waals surface area contributed by atoms with Gasteiger partial charge in [-0.15, -0.1) is 0 Å². The van der Waals surface area contributed by atoms with Gasteiger partial charge < -0.3 is 10.4 Å². The highest BCUT2D eigenvalue weighted by Crippen LogP contribution is 2.54. The molecule has 1 aromatic carbocycles. The molecule has 0 spiro atoms. The zero-order valence-electron chi connectivity index (χ0n) is 11.6. The monoisotopic (exact) mass is 291 g/mol. The maximum absolute atomic E-state index is 12.9. The van der Waals surface area contributed by atoms with Crippen molar-refractivity contribution in [1.29, 1.82) is 0 Å². The molecule has 0 saturated heterocycles. The van der Waals surface area contributed by atoms with Crippen LogP contribution in [0.1, 0.15) is 30.7 Å². The summed E-state index contributed by atoms with van der Waals surface area (Å²) in [5, 5.41) is 12.0. The number of carboxylic acid groups (broad SMARTS) is 1. The standard InChI is InChI=1S/C16H18FNO3/c17-11-5-3-10(4-6-11)14(16(20)21)8-18-15(19)13-7-12(13)9-1-2-9/h3-6,9,12-14H,1-2,7-8H2,(H,18,19)(H,20,21). The predicted molar refractivity (Wildman–Crippen MR) is 74.1 cm³/mol. The maximum atomic E-state index is 12.9. The van der Waals surface area contributed by atoms with E-state index in [1.165, 1.54) is 37.1 Å². The minimum absolute atomic E-state index is 0.0414. The van der Waals surface area contributed by atoms with E-state index < -0.39 is 17.7 Å². The fourth-order valence-electron chi connectivity index (χ4n) is 2.94. The molecule has 0 bridgehead atoms. The number of carbonyl (C=O) groups is 2. The van der Waals surface area contributed by atoms with Crippen LogP contribution < -0.4 is 5.32 Å². The smallest absolute Gasteiger partial charge is 0.312 e. The lowest BCUT2D eigenvalue weighted by molar-refractivity contribution is -0.138. The van der Waals surface area contributed by atoms with Crippen LogP contribution in [0.15, 0.2) is 24.3 Å². The van der Waals surface area contributed by atoms with Gasteiger partial charge >= 0.3 is 5.97 Å². The normalized spacial score (nSPS) is 25.2. The van der Waals surface area contributed by atoms with Crippen LogP contribution in [-0.2, 0) is 9.59 Å². The van der Waals surface area contributed by atoms with Gasteiger partial charge in [0.05, 0.1) is 5.92 Å². The number of carboxylic acids is 1. The fourth-order valence-corrected chi connectivity index (χ4v) is 2.94. The molecule has 1 aromatic rings. The number of rotatable bonds is 6. The van der Waals surface area contributed by atoms with Crippen molar-refractivity contribution in [3.05, 3.63) is 35.6 Å². The van der Waals surface area contributed by atoms with E-state index >= 15 is 0 Å². The SMILES string of the molecule is O=C(O)C(CNC(=O)C1CC1C1CC1)c1ccc(F)cc1. The van der Waals surface area contributed by atoms with Crippen LogP contribution in [-0.4, -0.2) is 23.5 Å². The number of hydrogen-bond acceptors (Lipinski definition) is 2. The predicted octanol–water partition coefficient (Wildman–Crippen LogP) is 2.16. The van der Waals surface area contributed by atoms with Crippen molar-refractivity contribution in [3.63, 3.8) is 0 Å². The number of amides is 1. The van der Waals surface area contributed by atoms with Gasteiger partial charge in [-0.25, -0.2) is 4.39 Å². The number of aliphatic carboxylic acids is 1. The van der Waals surface area contributed by atoms with Crippen LogP contribution in [0.4, 0.5) is 4.39 Å². The third-order valence-electron chi connectivity index (χ3n) is 4.45. The zero-order chi connectivity index (χ0) is 15.0. The Morgan fingerprint density at radius 2 is 1.95 bits per heavy atom. The average Bonchev–Trinajstić information content (AvgIpc) is 3.31. The van der Waals surface area contributed by atoms with E-state index in [-0.39, 0.29) is 18.4 Å². The second kappa shape index (κ2) is 5.47. The molecule has 3 atom stereocenters. The number of hydrogen-bond donors (Lipinski definition) is 2. The van der Waals surface area contributed by atoms with Crippen LogP contribution in [0, 0.1) is 23.6 Å². The molecule has 4 nitrogen and oxygen atoms in total. The van der Waals surface area contributed by atoms with E-state index in [1.54, 1.807) is 0 Å². The first kappa shape index (κ1) is 14.0. The van der Waals surface area contributed by atoms with E-state index in [1.807, 2.05) is 0 Å². The minimum Gasteiger partial charge on any atom is -0.481 e. The number of benzene rings is 1.